The fourth-order valence-corrected chi connectivity index (χ4v) is 6.92. The highest BCUT2D eigenvalue weighted by Gasteiger charge is 2.31. The van der Waals surface area contributed by atoms with Gasteiger partial charge in [-0.25, -0.2) is 8.78 Å². The van der Waals surface area contributed by atoms with Crippen LogP contribution in [0.3, 0.4) is 0 Å². The molecule has 1 aromatic heterocycles. The highest BCUT2D eigenvalue weighted by molar-refractivity contribution is 7.20. The van der Waals surface area contributed by atoms with E-state index >= 15 is 8.78 Å². The molecule has 2 aromatic carbocycles. The summed E-state index contributed by atoms with van der Waals surface area (Å²) in [5.41, 5.74) is 0.215. The van der Waals surface area contributed by atoms with E-state index in [4.69, 9.17) is 24.1 Å². The molecule has 1 atom stereocenters. The van der Waals surface area contributed by atoms with Crippen molar-refractivity contribution in [1.29, 1.82) is 0 Å². The number of hydrogen-bond donors (Lipinski definition) is 1. The molecule has 0 bridgehead atoms. The number of carbonyl (C=O) groups excluding carboxylic acids is 6. The fraction of sp³-hybridized carbons (Fsp3) is 0.361. The number of Topliss-reactive ketones (excluding diaryl/α,β-unsaturated/α-hetero) is 2. The Morgan fingerprint density at radius 3 is 2.23 bits per heavy atom. The zero-order valence-corrected chi connectivity index (χ0v) is 29.6. The number of benzene rings is 2. The lowest BCUT2D eigenvalue weighted by Gasteiger charge is -2.19. The van der Waals surface area contributed by atoms with Crippen molar-refractivity contribution in [2.24, 2.45) is 0 Å². The zero-order chi connectivity index (χ0) is 38.6. The average Bonchev–Trinajstić information content (AvgIpc) is 3.84. The fourth-order valence-electron chi connectivity index (χ4n) is 5.87. The number of carboxylic acids is 1. The van der Waals surface area contributed by atoms with Gasteiger partial charge in [0.25, 0.3) is 11.8 Å². The molecule has 3 amide bonds. The van der Waals surface area contributed by atoms with E-state index in [-0.39, 0.29) is 78.4 Å². The molecule has 2 aliphatic rings. The van der Waals surface area contributed by atoms with Gasteiger partial charge >= 0.3 is 11.9 Å². The van der Waals surface area contributed by atoms with Crippen LogP contribution in [0.4, 0.5) is 8.78 Å². The molecule has 280 valence electrons. The van der Waals surface area contributed by atoms with E-state index in [1.165, 1.54) is 44.2 Å². The second-order valence-electron chi connectivity index (χ2n) is 12.2. The first kappa shape index (κ1) is 38.5. The van der Waals surface area contributed by atoms with Crippen molar-refractivity contribution in [3.05, 3.63) is 63.6 Å². The lowest BCUT2D eigenvalue weighted by molar-refractivity contribution is -0.152. The standard InChI is InChI=1S/C36H34F2N2O12S/c1-18(15-40-29(44)5-6-30(40)45)52-32(48)9-4-22(41)27-13-20-26(53-27)14-24(49-2)33(34(20)37)23(42)10-11-51-36-25(50-3)12-19-16-39(17-21(19)35(36)38)28(43)7-8-31(46)47/h5-6,12-14,18H,4,7-11,15-17H2,1-3H3,(H,46,47)/t18-/m0/s1. The Labute approximate surface area is 304 Å². The van der Waals surface area contributed by atoms with E-state index in [9.17, 15) is 33.6 Å². The van der Waals surface area contributed by atoms with Crippen LogP contribution in [0.15, 0.2) is 30.4 Å². The first-order valence-electron chi connectivity index (χ1n) is 16.3. The molecule has 0 radical (unpaired) electrons. The Kier molecular flexibility index (Phi) is 11.9. The number of amides is 3. The summed E-state index contributed by atoms with van der Waals surface area (Å²) in [6, 6.07) is 4.18. The van der Waals surface area contributed by atoms with E-state index in [1.54, 1.807) is 0 Å². The minimum Gasteiger partial charge on any atom is -0.496 e. The quantitative estimate of drug-likeness (QED) is 0.117. The molecule has 53 heavy (non-hydrogen) atoms. The van der Waals surface area contributed by atoms with Crippen molar-refractivity contribution < 1.29 is 66.4 Å². The van der Waals surface area contributed by atoms with E-state index in [1.807, 2.05) is 0 Å². The minimum absolute atomic E-state index is 0.00423. The van der Waals surface area contributed by atoms with Crippen LogP contribution in [-0.2, 0) is 41.8 Å². The van der Waals surface area contributed by atoms with Gasteiger partial charge in [-0.2, -0.15) is 0 Å². The predicted molar refractivity (Wildman–Crippen MR) is 182 cm³/mol. The topological polar surface area (TPSA) is 183 Å². The number of carbonyl (C=O) groups is 7. The van der Waals surface area contributed by atoms with Gasteiger partial charge in [-0.15, -0.1) is 11.3 Å². The summed E-state index contributed by atoms with van der Waals surface area (Å²) in [6.07, 6.45) is -0.195. The number of methoxy groups -OCH3 is 2. The number of halogens is 2. The highest BCUT2D eigenvalue weighted by atomic mass is 32.1. The Hall–Kier alpha value is -5.71. The van der Waals surface area contributed by atoms with Crippen LogP contribution in [0.2, 0.25) is 0 Å². The van der Waals surface area contributed by atoms with Crippen molar-refractivity contribution in [2.45, 2.75) is 58.2 Å². The van der Waals surface area contributed by atoms with E-state index in [0.717, 1.165) is 28.4 Å². The number of ketones is 2. The minimum atomic E-state index is -1.13. The Balaban J connectivity index is 1.21. The molecule has 3 heterocycles. The number of thiophene rings is 1. The van der Waals surface area contributed by atoms with Gasteiger partial charge in [0.1, 0.15) is 17.7 Å². The zero-order valence-electron chi connectivity index (χ0n) is 28.8. The largest absolute Gasteiger partial charge is 0.496 e. The Morgan fingerprint density at radius 1 is 0.868 bits per heavy atom. The van der Waals surface area contributed by atoms with Crippen LogP contribution in [0, 0.1) is 11.6 Å². The number of aliphatic carboxylic acids is 1. The maximum Gasteiger partial charge on any atom is 0.306 e. The molecule has 0 saturated carbocycles. The maximum absolute atomic E-state index is 15.9. The van der Waals surface area contributed by atoms with Crippen LogP contribution >= 0.6 is 11.3 Å². The summed E-state index contributed by atoms with van der Waals surface area (Å²) < 4.78 is 53.2. The number of imide groups is 1. The van der Waals surface area contributed by atoms with Gasteiger partial charge < -0.3 is 29.0 Å². The van der Waals surface area contributed by atoms with Crippen LogP contribution in [-0.4, -0.2) is 89.6 Å². The second-order valence-corrected chi connectivity index (χ2v) is 13.2. The number of nitrogens with zero attached hydrogens (tertiary/aromatic N) is 2. The van der Waals surface area contributed by atoms with Gasteiger partial charge in [0, 0.05) is 60.2 Å². The lowest BCUT2D eigenvalue weighted by atomic mass is 10.0. The molecule has 0 aliphatic carbocycles. The smallest absolute Gasteiger partial charge is 0.306 e. The van der Waals surface area contributed by atoms with Crippen molar-refractivity contribution in [3.63, 3.8) is 0 Å². The molecule has 2 aliphatic heterocycles. The van der Waals surface area contributed by atoms with Crippen LogP contribution < -0.4 is 14.2 Å². The third-order valence-electron chi connectivity index (χ3n) is 8.52. The highest BCUT2D eigenvalue weighted by Crippen LogP contribution is 2.40. The molecule has 0 fully saturated rings. The molecule has 0 saturated heterocycles. The molecular formula is C36H34F2N2O12S. The summed E-state index contributed by atoms with van der Waals surface area (Å²) >= 11 is 0.941. The number of ether oxygens (including phenoxy) is 4. The second kappa shape index (κ2) is 16.3. The van der Waals surface area contributed by atoms with Gasteiger partial charge in [0.05, 0.1) is 50.7 Å². The van der Waals surface area contributed by atoms with Gasteiger partial charge in [-0.3, -0.25) is 38.5 Å². The number of hydrogen-bond acceptors (Lipinski definition) is 12. The first-order chi connectivity index (χ1) is 25.2. The Bertz CT molecular complexity index is 2040. The van der Waals surface area contributed by atoms with Gasteiger partial charge in [-0.05, 0) is 30.7 Å². The summed E-state index contributed by atoms with van der Waals surface area (Å²) in [7, 11) is 2.53. The summed E-state index contributed by atoms with van der Waals surface area (Å²) in [6.45, 7) is 0.902. The molecule has 0 unspecified atom stereocenters. The predicted octanol–water partition coefficient (Wildman–Crippen LogP) is 4.38. The van der Waals surface area contributed by atoms with E-state index in [0.29, 0.717) is 10.3 Å². The van der Waals surface area contributed by atoms with Crippen LogP contribution in [0.5, 0.6) is 17.2 Å². The van der Waals surface area contributed by atoms with E-state index < -0.39 is 77.6 Å². The molecule has 0 spiro atoms. The third-order valence-corrected chi connectivity index (χ3v) is 9.64. The molecule has 14 nitrogen and oxygen atoms in total. The van der Waals surface area contributed by atoms with Crippen molar-refractivity contribution in [1.82, 2.24) is 9.80 Å². The van der Waals surface area contributed by atoms with Crippen molar-refractivity contribution in [3.8, 4) is 17.2 Å². The molecular weight excluding hydrogens is 722 g/mol. The average molecular weight is 757 g/mol. The monoisotopic (exact) mass is 756 g/mol. The normalized spacial score (nSPS) is 14.1. The van der Waals surface area contributed by atoms with Crippen LogP contribution in [0.1, 0.15) is 70.2 Å². The number of rotatable bonds is 17. The summed E-state index contributed by atoms with van der Waals surface area (Å²) in [5, 5.41) is 8.85. The molecule has 1 N–H and O–H groups in total. The van der Waals surface area contributed by atoms with Crippen LogP contribution in [0.25, 0.3) is 10.1 Å². The van der Waals surface area contributed by atoms with Gasteiger partial charge in [-0.1, -0.05) is 0 Å². The lowest BCUT2D eigenvalue weighted by Crippen LogP contribution is -2.37. The first-order valence-corrected chi connectivity index (χ1v) is 17.1. The molecule has 17 heteroatoms. The summed E-state index contributed by atoms with van der Waals surface area (Å²) in [5.74, 6) is -6.74. The number of esters is 1. The van der Waals surface area contributed by atoms with Crippen molar-refractivity contribution in [2.75, 3.05) is 27.4 Å². The summed E-state index contributed by atoms with van der Waals surface area (Å²) in [4.78, 5) is 87.7. The molecule has 3 aromatic rings. The SMILES string of the molecule is COc1cc2c(c(F)c1OCCC(=O)c1c(OC)cc3sc(C(=O)CCC(=O)O[C@@H](C)CN4C(=O)C=CC4=O)cc3c1F)CN(C(=O)CCC(=O)O)C2. The van der Waals surface area contributed by atoms with E-state index in [2.05, 4.69) is 0 Å². The van der Waals surface area contributed by atoms with Crippen molar-refractivity contribution >= 4 is 62.6 Å². The number of carboxylic acid groups (broad SMARTS) is 1. The Morgan fingerprint density at radius 2 is 1.57 bits per heavy atom. The van der Waals surface area contributed by atoms with Gasteiger partial charge in [0.15, 0.2) is 28.9 Å². The maximum atomic E-state index is 15.9. The third kappa shape index (κ3) is 8.51. The molecule has 5 rings (SSSR count). The number of fused-ring (bicyclic) bond motifs is 2. The van der Waals surface area contributed by atoms with Gasteiger partial charge in [0.2, 0.25) is 5.91 Å².